The lowest BCUT2D eigenvalue weighted by Crippen LogP contribution is -2.43. The van der Waals surface area contributed by atoms with Crippen molar-refractivity contribution in [2.75, 3.05) is 13.1 Å². The fourth-order valence-corrected chi connectivity index (χ4v) is 2.08. The lowest BCUT2D eigenvalue weighted by atomic mass is 10.2. The molecule has 0 aliphatic carbocycles. The number of carbonyl (C=O) groups is 1. The molecule has 2 N–H and O–H groups in total. The number of rotatable bonds is 5. The molecule has 22 heavy (non-hydrogen) atoms. The molecule has 1 aromatic carbocycles. The number of halogens is 4. The lowest BCUT2D eigenvalue weighted by Gasteiger charge is -2.17. The largest absolute Gasteiger partial charge is 0.489 e. The summed E-state index contributed by atoms with van der Waals surface area (Å²) in [6.45, 7) is 1.36. The van der Waals surface area contributed by atoms with Gasteiger partial charge in [0.15, 0.2) is 0 Å². The van der Waals surface area contributed by atoms with Crippen molar-refractivity contribution in [1.82, 2.24) is 10.6 Å². The predicted octanol–water partition coefficient (Wildman–Crippen LogP) is 2.13. The second-order valence-electron chi connectivity index (χ2n) is 5.12. The van der Waals surface area contributed by atoms with E-state index in [1.54, 1.807) is 13.0 Å². The molecule has 1 aliphatic rings. The average Bonchev–Trinajstić information content (AvgIpc) is 2.76. The molecule has 124 valence electrons. The summed E-state index contributed by atoms with van der Waals surface area (Å²) in [5.41, 5.74) is 0. The van der Waals surface area contributed by atoms with Crippen LogP contribution in [0.4, 0.5) is 13.2 Å². The third-order valence-corrected chi connectivity index (χ3v) is 3.12. The third kappa shape index (κ3) is 5.38. The molecule has 1 aliphatic heterocycles. The van der Waals surface area contributed by atoms with Crippen LogP contribution in [0.25, 0.3) is 0 Å². The van der Waals surface area contributed by atoms with Crippen molar-refractivity contribution in [3.63, 3.8) is 0 Å². The molecule has 2 unspecified atom stereocenters. The minimum Gasteiger partial charge on any atom is -0.489 e. The second-order valence-corrected chi connectivity index (χ2v) is 5.12. The maximum atomic E-state index is 13.0. The lowest BCUT2D eigenvalue weighted by molar-refractivity contribution is -0.123. The summed E-state index contributed by atoms with van der Waals surface area (Å²) in [7, 11) is 0. The fourth-order valence-electron chi connectivity index (χ4n) is 2.08. The van der Waals surface area contributed by atoms with Crippen molar-refractivity contribution in [2.24, 2.45) is 0 Å². The van der Waals surface area contributed by atoms with Crippen LogP contribution in [0.5, 0.6) is 5.75 Å². The van der Waals surface area contributed by atoms with Crippen molar-refractivity contribution in [1.29, 1.82) is 0 Å². The Balaban J connectivity index is 0.00000242. The summed E-state index contributed by atoms with van der Waals surface area (Å²) >= 11 is 0. The fraction of sp³-hybridized carbons (Fsp3) is 0.500. The SMILES string of the molecule is CC(CNC(=O)C1CC(F)(F)CN1)Oc1cccc(F)c1.Cl. The van der Waals surface area contributed by atoms with Crippen LogP contribution >= 0.6 is 12.4 Å². The molecule has 0 bridgehead atoms. The van der Waals surface area contributed by atoms with Crippen LogP contribution in [0, 0.1) is 5.82 Å². The van der Waals surface area contributed by atoms with Crippen LogP contribution < -0.4 is 15.4 Å². The van der Waals surface area contributed by atoms with Crippen LogP contribution in [-0.4, -0.2) is 37.1 Å². The summed E-state index contributed by atoms with van der Waals surface area (Å²) in [4.78, 5) is 11.7. The van der Waals surface area contributed by atoms with Crippen LogP contribution in [-0.2, 0) is 4.79 Å². The highest BCUT2D eigenvalue weighted by atomic mass is 35.5. The maximum Gasteiger partial charge on any atom is 0.262 e. The molecule has 0 aromatic heterocycles. The van der Waals surface area contributed by atoms with Crippen molar-refractivity contribution in [2.45, 2.75) is 31.4 Å². The topological polar surface area (TPSA) is 50.4 Å². The first-order valence-electron chi connectivity index (χ1n) is 6.67. The van der Waals surface area contributed by atoms with E-state index in [1.165, 1.54) is 18.2 Å². The van der Waals surface area contributed by atoms with Gasteiger partial charge in [-0.3, -0.25) is 10.1 Å². The van der Waals surface area contributed by atoms with Gasteiger partial charge >= 0.3 is 0 Å². The first-order valence-corrected chi connectivity index (χ1v) is 6.67. The molecular formula is C14H18ClF3N2O2. The van der Waals surface area contributed by atoms with Crippen LogP contribution in [0.1, 0.15) is 13.3 Å². The Hall–Kier alpha value is -1.47. The molecule has 1 aromatic rings. The van der Waals surface area contributed by atoms with Gasteiger partial charge in [0.1, 0.15) is 17.7 Å². The molecule has 4 nitrogen and oxygen atoms in total. The van der Waals surface area contributed by atoms with E-state index in [1.807, 2.05) is 0 Å². The number of hydrogen-bond donors (Lipinski definition) is 2. The zero-order valence-electron chi connectivity index (χ0n) is 11.9. The number of nitrogens with one attached hydrogen (secondary N) is 2. The molecule has 8 heteroatoms. The smallest absolute Gasteiger partial charge is 0.262 e. The van der Waals surface area contributed by atoms with E-state index in [-0.39, 0.29) is 19.0 Å². The monoisotopic (exact) mass is 338 g/mol. The zero-order chi connectivity index (χ0) is 15.5. The number of hydrogen-bond acceptors (Lipinski definition) is 3. The Morgan fingerprint density at radius 2 is 2.27 bits per heavy atom. The minimum atomic E-state index is -2.84. The highest BCUT2D eigenvalue weighted by molar-refractivity contribution is 5.85. The normalized spacial score (nSPS) is 20.8. The van der Waals surface area contributed by atoms with E-state index in [9.17, 15) is 18.0 Å². The Kier molecular flexibility index (Phi) is 6.49. The molecular weight excluding hydrogens is 321 g/mol. The summed E-state index contributed by atoms with van der Waals surface area (Å²) in [5.74, 6) is -3.39. The summed E-state index contributed by atoms with van der Waals surface area (Å²) in [5, 5.41) is 5.02. The van der Waals surface area contributed by atoms with Gasteiger partial charge in [0.2, 0.25) is 5.91 Å². The number of alkyl halides is 2. The van der Waals surface area contributed by atoms with Crippen molar-refractivity contribution in [3.8, 4) is 5.75 Å². The second kappa shape index (κ2) is 7.69. The van der Waals surface area contributed by atoms with E-state index in [4.69, 9.17) is 4.74 Å². The van der Waals surface area contributed by atoms with E-state index in [0.29, 0.717) is 5.75 Å². The van der Waals surface area contributed by atoms with Crippen molar-refractivity contribution >= 4 is 18.3 Å². The molecule has 1 amide bonds. The Bertz CT molecular complexity index is 517. The van der Waals surface area contributed by atoms with E-state index >= 15 is 0 Å². The van der Waals surface area contributed by atoms with Gasteiger partial charge in [-0.1, -0.05) is 6.07 Å². The first kappa shape index (κ1) is 18.6. The van der Waals surface area contributed by atoms with Gasteiger partial charge < -0.3 is 10.1 Å². The first-order chi connectivity index (χ1) is 9.85. The van der Waals surface area contributed by atoms with Crippen molar-refractivity contribution < 1.29 is 22.7 Å². The number of amides is 1. The van der Waals surface area contributed by atoms with E-state index in [2.05, 4.69) is 10.6 Å². The molecule has 0 saturated carbocycles. The van der Waals surface area contributed by atoms with Gasteiger partial charge in [-0.15, -0.1) is 12.4 Å². The van der Waals surface area contributed by atoms with Gasteiger partial charge in [-0.05, 0) is 19.1 Å². The van der Waals surface area contributed by atoms with Gasteiger partial charge in [-0.2, -0.15) is 0 Å². The number of ether oxygens (including phenoxy) is 1. The predicted molar refractivity (Wildman–Crippen MR) is 78.1 cm³/mol. The van der Waals surface area contributed by atoms with E-state index in [0.717, 1.165) is 0 Å². The minimum absolute atomic E-state index is 0. The number of carbonyl (C=O) groups excluding carboxylic acids is 1. The summed E-state index contributed by atoms with van der Waals surface area (Å²) in [6.07, 6.45) is -0.907. The molecule has 0 spiro atoms. The molecule has 1 fully saturated rings. The molecule has 1 saturated heterocycles. The van der Waals surface area contributed by atoms with Gasteiger partial charge in [-0.25, -0.2) is 13.2 Å². The van der Waals surface area contributed by atoms with Gasteiger partial charge in [0, 0.05) is 12.5 Å². The highest BCUT2D eigenvalue weighted by Crippen LogP contribution is 2.25. The van der Waals surface area contributed by atoms with Crippen LogP contribution in [0.2, 0.25) is 0 Å². The van der Waals surface area contributed by atoms with E-state index < -0.39 is 42.8 Å². The summed E-state index contributed by atoms with van der Waals surface area (Å²) < 4.78 is 44.4. The maximum absolute atomic E-state index is 13.0. The summed E-state index contributed by atoms with van der Waals surface area (Å²) in [6, 6.07) is 4.75. The van der Waals surface area contributed by atoms with Crippen LogP contribution in [0.15, 0.2) is 24.3 Å². The zero-order valence-corrected chi connectivity index (χ0v) is 12.8. The Morgan fingerprint density at radius 1 is 1.55 bits per heavy atom. The van der Waals surface area contributed by atoms with Crippen molar-refractivity contribution in [3.05, 3.63) is 30.1 Å². The standard InChI is InChI=1S/C14H17F3N2O2.ClH/c1-9(21-11-4-2-3-10(15)5-11)7-18-13(20)12-6-14(16,17)8-19-12;/h2-5,9,12,19H,6-8H2,1H3,(H,18,20);1H. The molecule has 0 radical (unpaired) electrons. The molecule has 2 rings (SSSR count). The average molecular weight is 339 g/mol. The molecule has 1 heterocycles. The van der Waals surface area contributed by atoms with Crippen LogP contribution in [0.3, 0.4) is 0 Å². The highest BCUT2D eigenvalue weighted by Gasteiger charge is 2.42. The third-order valence-electron chi connectivity index (χ3n) is 3.12. The Labute approximate surface area is 132 Å². The number of benzene rings is 1. The molecule has 2 atom stereocenters. The van der Waals surface area contributed by atoms with Gasteiger partial charge in [0.25, 0.3) is 5.92 Å². The quantitative estimate of drug-likeness (QED) is 0.864. The van der Waals surface area contributed by atoms with Gasteiger partial charge in [0.05, 0.1) is 19.1 Å². The Morgan fingerprint density at radius 3 is 2.86 bits per heavy atom.